The van der Waals surface area contributed by atoms with E-state index in [9.17, 15) is 0 Å². The van der Waals surface area contributed by atoms with Crippen molar-refractivity contribution in [3.63, 3.8) is 0 Å². The molecule has 0 aromatic heterocycles. The van der Waals surface area contributed by atoms with Gasteiger partial charge in [-0.05, 0) is 31.3 Å². The van der Waals surface area contributed by atoms with Gasteiger partial charge in [0.15, 0.2) is 0 Å². The van der Waals surface area contributed by atoms with Crippen molar-refractivity contribution in [3.05, 3.63) is 57.6 Å². The summed E-state index contributed by atoms with van der Waals surface area (Å²) in [7, 11) is 0. The monoisotopic (exact) mass is 314 g/mol. The number of nitrogens with zero attached hydrogens (tertiary/aromatic N) is 2. The quantitative estimate of drug-likeness (QED) is 0.658. The molecule has 2 nitrogen and oxygen atoms in total. The lowest BCUT2D eigenvalue weighted by Gasteiger charge is -2.14. The van der Waals surface area contributed by atoms with Crippen LogP contribution in [0.3, 0.4) is 0 Å². The zero-order valence-electron chi connectivity index (χ0n) is 11.5. The lowest BCUT2D eigenvalue weighted by molar-refractivity contribution is 1.40. The zero-order valence-corrected chi connectivity index (χ0v) is 13.0. The van der Waals surface area contributed by atoms with E-state index in [1.54, 1.807) is 18.2 Å². The van der Waals surface area contributed by atoms with Crippen molar-refractivity contribution in [2.75, 3.05) is 0 Å². The van der Waals surface area contributed by atoms with Gasteiger partial charge in [0, 0.05) is 16.7 Å². The Morgan fingerprint density at radius 3 is 2.33 bits per heavy atom. The van der Waals surface area contributed by atoms with E-state index < -0.39 is 0 Å². The van der Waals surface area contributed by atoms with Gasteiger partial charge in [0.2, 0.25) is 0 Å². The molecule has 0 heterocycles. The zero-order chi connectivity index (χ0) is 15.6. The molecule has 0 saturated carbocycles. The molecule has 0 saturated heterocycles. The Hall–Kier alpha value is -2.08. The fourth-order valence-corrected chi connectivity index (χ4v) is 2.92. The molecule has 104 valence electrons. The summed E-state index contributed by atoms with van der Waals surface area (Å²) in [6.07, 6.45) is 1.73. The third kappa shape index (κ3) is 2.71. The molecular weight excluding hydrogens is 303 g/mol. The number of nitriles is 1. The molecule has 4 heteroatoms. The lowest BCUT2D eigenvalue weighted by Crippen LogP contribution is -1.90. The number of hydrogen-bond acceptors (Lipinski definition) is 2. The Morgan fingerprint density at radius 2 is 1.86 bits per heavy atom. The Labute approximate surface area is 134 Å². The average Bonchev–Trinajstić information content (AvgIpc) is 2.47. The first-order valence-electron chi connectivity index (χ1n) is 6.15. The highest BCUT2D eigenvalue weighted by Crippen LogP contribution is 2.42. The number of halogens is 2. The Morgan fingerprint density at radius 1 is 1.24 bits per heavy atom. The third-order valence-electron chi connectivity index (χ3n) is 3.24. The molecule has 0 aliphatic carbocycles. The predicted octanol–water partition coefficient (Wildman–Crippen LogP) is 5.82. The van der Waals surface area contributed by atoms with Crippen LogP contribution in [0.1, 0.15) is 16.7 Å². The van der Waals surface area contributed by atoms with Crippen LogP contribution in [0, 0.1) is 18.3 Å². The van der Waals surface area contributed by atoms with E-state index in [1.807, 2.05) is 25.1 Å². The highest BCUT2D eigenvalue weighted by Gasteiger charge is 2.16. The van der Waals surface area contributed by atoms with Crippen molar-refractivity contribution in [2.45, 2.75) is 6.92 Å². The number of benzene rings is 2. The molecule has 2 aromatic carbocycles. The second-order valence-corrected chi connectivity index (χ2v) is 5.30. The minimum absolute atomic E-state index is 0.405. The fraction of sp³-hybridized carbons (Fsp3) is 0.0588. The van der Waals surface area contributed by atoms with Crippen molar-refractivity contribution in [2.24, 2.45) is 4.99 Å². The summed E-state index contributed by atoms with van der Waals surface area (Å²) in [6, 6.07) is 9.04. The fourth-order valence-electron chi connectivity index (χ4n) is 2.23. The summed E-state index contributed by atoms with van der Waals surface area (Å²) < 4.78 is 0. The smallest absolute Gasteiger partial charge is 0.0992 e. The minimum Gasteiger partial charge on any atom is -0.263 e. The van der Waals surface area contributed by atoms with Gasteiger partial charge in [0.1, 0.15) is 0 Å². The van der Waals surface area contributed by atoms with Crippen molar-refractivity contribution >= 4 is 41.7 Å². The van der Waals surface area contributed by atoms with Gasteiger partial charge in [0.25, 0.3) is 0 Å². The maximum atomic E-state index is 8.96. The van der Waals surface area contributed by atoms with E-state index in [0.29, 0.717) is 26.9 Å². The van der Waals surface area contributed by atoms with E-state index in [4.69, 9.17) is 28.5 Å². The molecule has 0 N–H and O–H groups in total. The van der Waals surface area contributed by atoms with Gasteiger partial charge in [-0.3, -0.25) is 4.99 Å². The molecule has 0 aliphatic rings. The standard InChI is InChI=1S/C17H12Cl2N2/c1-4-12-10(2)5-6-13(17(12)21-3)16-14(18)7-11(9-20)8-15(16)19/h4-8H,1,3H2,2H3. The molecule has 2 aromatic rings. The number of aryl methyl sites for hydroxylation is 1. The first kappa shape index (κ1) is 15.3. The van der Waals surface area contributed by atoms with Gasteiger partial charge in [0.05, 0.1) is 27.4 Å². The largest absolute Gasteiger partial charge is 0.263 e. The van der Waals surface area contributed by atoms with Gasteiger partial charge < -0.3 is 0 Å². The van der Waals surface area contributed by atoms with Crippen molar-refractivity contribution in [1.29, 1.82) is 5.26 Å². The topological polar surface area (TPSA) is 36.1 Å². The van der Waals surface area contributed by atoms with Gasteiger partial charge in [-0.1, -0.05) is 48.0 Å². The summed E-state index contributed by atoms with van der Waals surface area (Å²) in [5.74, 6) is 0. The van der Waals surface area contributed by atoms with Crippen LogP contribution in [0.5, 0.6) is 0 Å². The highest BCUT2D eigenvalue weighted by atomic mass is 35.5. The molecule has 0 radical (unpaired) electrons. The second kappa shape index (κ2) is 6.13. The lowest BCUT2D eigenvalue weighted by atomic mass is 9.96. The van der Waals surface area contributed by atoms with Crippen LogP contribution < -0.4 is 0 Å². The average molecular weight is 315 g/mol. The maximum Gasteiger partial charge on any atom is 0.0992 e. The summed E-state index contributed by atoms with van der Waals surface area (Å²) in [6.45, 7) is 9.40. The molecule has 21 heavy (non-hydrogen) atoms. The molecule has 0 fully saturated rings. The Kier molecular flexibility index (Phi) is 4.47. The molecular formula is C17H12Cl2N2. The first-order chi connectivity index (χ1) is 10.0. The first-order valence-corrected chi connectivity index (χ1v) is 6.91. The third-order valence-corrected chi connectivity index (χ3v) is 3.83. The van der Waals surface area contributed by atoms with Crippen LogP contribution in [0.15, 0.2) is 35.8 Å². The summed E-state index contributed by atoms with van der Waals surface area (Å²) in [5, 5.41) is 9.77. The van der Waals surface area contributed by atoms with Crippen LogP contribution in [-0.4, -0.2) is 6.72 Å². The van der Waals surface area contributed by atoms with Crippen molar-refractivity contribution in [3.8, 4) is 17.2 Å². The normalized spacial score (nSPS) is 10.0. The summed E-state index contributed by atoms with van der Waals surface area (Å²) in [4.78, 5) is 4.10. The SMILES string of the molecule is C=Cc1c(C)ccc(-c2c(Cl)cc(C#N)cc2Cl)c1N=C. The van der Waals surface area contributed by atoms with Crippen LogP contribution in [-0.2, 0) is 0 Å². The molecule has 0 aliphatic heterocycles. The van der Waals surface area contributed by atoms with Crippen LogP contribution in [0.4, 0.5) is 5.69 Å². The molecule has 0 atom stereocenters. The minimum atomic E-state index is 0.405. The number of aliphatic imine (C=N–C) groups is 1. The van der Waals surface area contributed by atoms with Crippen LogP contribution >= 0.6 is 23.2 Å². The van der Waals surface area contributed by atoms with Crippen LogP contribution in [0.25, 0.3) is 17.2 Å². The predicted molar refractivity (Wildman–Crippen MR) is 90.7 cm³/mol. The van der Waals surface area contributed by atoms with Gasteiger partial charge in [-0.2, -0.15) is 5.26 Å². The maximum absolute atomic E-state index is 8.96. The van der Waals surface area contributed by atoms with Gasteiger partial charge in [-0.15, -0.1) is 0 Å². The van der Waals surface area contributed by atoms with Gasteiger partial charge >= 0.3 is 0 Å². The van der Waals surface area contributed by atoms with E-state index in [2.05, 4.69) is 18.3 Å². The Bertz CT molecular complexity index is 763. The van der Waals surface area contributed by atoms with E-state index in [-0.39, 0.29) is 0 Å². The summed E-state index contributed by atoms with van der Waals surface area (Å²) >= 11 is 12.6. The van der Waals surface area contributed by atoms with Crippen molar-refractivity contribution < 1.29 is 0 Å². The number of rotatable bonds is 3. The van der Waals surface area contributed by atoms with Crippen LogP contribution in [0.2, 0.25) is 10.0 Å². The second-order valence-electron chi connectivity index (χ2n) is 4.48. The molecule has 0 unspecified atom stereocenters. The molecule has 0 amide bonds. The summed E-state index contributed by atoms with van der Waals surface area (Å²) in [5.41, 5.74) is 4.43. The number of hydrogen-bond donors (Lipinski definition) is 0. The molecule has 0 spiro atoms. The van der Waals surface area contributed by atoms with E-state index in [1.165, 1.54) is 0 Å². The van der Waals surface area contributed by atoms with E-state index >= 15 is 0 Å². The molecule has 0 bridgehead atoms. The molecule has 2 rings (SSSR count). The van der Waals surface area contributed by atoms with E-state index in [0.717, 1.165) is 16.7 Å². The Balaban J connectivity index is 2.83. The van der Waals surface area contributed by atoms with Crippen molar-refractivity contribution in [1.82, 2.24) is 0 Å². The van der Waals surface area contributed by atoms with Gasteiger partial charge in [-0.25, -0.2) is 0 Å². The highest BCUT2D eigenvalue weighted by molar-refractivity contribution is 6.39.